The minimum absolute atomic E-state index is 0.189. The van der Waals surface area contributed by atoms with Crippen molar-refractivity contribution >= 4 is 28.2 Å². The van der Waals surface area contributed by atoms with E-state index in [0.717, 1.165) is 22.6 Å². The summed E-state index contributed by atoms with van der Waals surface area (Å²) in [5.41, 5.74) is 0.101. The second-order valence-corrected chi connectivity index (χ2v) is 9.24. The molecule has 29 heavy (non-hydrogen) atoms. The Morgan fingerprint density at radius 3 is 2.55 bits per heavy atom. The number of thiophene rings is 1. The minimum Gasteiger partial charge on any atom is -0.462 e. The molecule has 1 aliphatic heterocycles. The molecular formula is C21H24F2N2O3S. The number of rotatable bonds is 4. The highest BCUT2D eigenvalue weighted by molar-refractivity contribution is 7.17. The van der Waals surface area contributed by atoms with E-state index in [2.05, 4.69) is 10.6 Å². The molecule has 0 saturated heterocycles. The van der Waals surface area contributed by atoms with Crippen molar-refractivity contribution in [2.24, 2.45) is 0 Å². The van der Waals surface area contributed by atoms with Gasteiger partial charge in [-0.1, -0.05) is 0 Å². The monoisotopic (exact) mass is 422 g/mol. The molecule has 1 aromatic carbocycles. The average Bonchev–Trinajstić information content (AvgIpc) is 2.91. The van der Waals surface area contributed by atoms with E-state index in [1.165, 1.54) is 11.3 Å². The maximum atomic E-state index is 14.0. The number of hydrogen-bond donors (Lipinski definition) is 2. The Kier molecular flexibility index (Phi) is 5.53. The zero-order valence-corrected chi connectivity index (χ0v) is 17.9. The summed E-state index contributed by atoms with van der Waals surface area (Å²) >= 11 is 1.26. The number of fused-ring (bicyclic) bond motifs is 1. The van der Waals surface area contributed by atoms with E-state index in [9.17, 15) is 18.4 Å². The summed E-state index contributed by atoms with van der Waals surface area (Å²) < 4.78 is 32.4. The second-order valence-electron chi connectivity index (χ2n) is 8.22. The molecule has 1 amide bonds. The summed E-state index contributed by atoms with van der Waals surface area (Å²) in [6.45, 7) is 9.98. The first-order valence-corrected chi connectivity index (χ1v) is 10.2. The Hall–Kier alpha value is -2.32. The first kappa shape index (κ1) is 21.4. The molecule has 2 aromatic rings. The number of carbonyl (C=O) groups excluding carboxylic acids is 2. The normalized spacial score (nSPS) is 16.8. The van der Waals surface area contributed by atoms with Gasteiger partial charge >= 0.3 is 5.97 Å². The van der Waals surface area contributed by atoms with Gasteiger partial charge in [0.2, 0.25) is 0 Å². The number of nitrogens with one attached hydrogen (secondary N) is 2. The van der Waals surface area contributed by atoms with Gasteiger partial charge in [-0.05, 0) is 58.7 Å². The molecule has 0 fully saturated rings. The number of ether oxygens (including phenoxy) is 1. The first-order chi connectivity index (χ1) is 13.4. The number of amides is 1. The summed E-state index contributed by atoms with van der Waals surface area (Å²) in [5, 5.41) is 6.48. The van der Waals surface area contributed by atoms with Gasteiger partial charge in [-0.3, -0.25) is 4.79 Å². The third kappa shape index (κ3) is 4.18. The summed E-state index contributed by atoms with van der Waals surface area (Å²) in [6, 6.07) is 2.74. The lowest BCUT2D eigenvalue weighted by atomic mass is 9.81. The highest BCUT2D eigenvalue weighted by atomic mass is 32.1. The predicted molar refractivity (Wildman–Crippen MR) is 109 cm³/mol. The molecule has 0 unspecified atom stereocenters. The van der Waals surface area contributed by atoms with Crippen LogP contribution in [0.1, 0.15) is 65.8 Å². The number of anilines is 1. The van der Waals surface area contributed by atoms with Gasteiger partial charge in [0.1, 0.15) is 16.6 Å². The number of benzene rings is 1. The van der Waals surface area contributed by atoms with Gasteiger partial charge in [0, 0.05) is 22.0 Å². The third-order valence-corrected chi connectivity index (χ3v) is 6.20. The Morgan fingerprint density at radius 1 is 1.24 bits per heavy atom. The lowest BCUT2D eigenvalue weighted by molar-refractivity contribution is 0.0525. The molecule has 0 spiro atoms. The van der Waals surface area contributed by atoms with E-state index < -0.39 is 29.0 Å². The van der Waals surface area contributed by atoms with E-state index >= 15 is 0 Å². The second kappa shape index (κ2) is 7.50. The molecule has 0 radical (unpaired) electrons. The van der Waals surface area contributed by atoms with Crippen molar-refractivity contribution in [3.63, 3.8) is 0 Å². The highest BCUT2D eigenvalue weighted by Gasteiger charge is 2.42. The molecule has 5 nitrogen and oxygen atoms in total. The number of hydrogen-bond acceptors (Lipinski definition) is 5. The van der Waals surface area contributed by atoms with Gasteiger partial charge in [0.25, 0.3) is 5.91 Å². The van der Waals surface area contributed by atoms with Crippen LogP contribution < -0.4 is 10.6 Å². The molecule has 0 saturated carbocycles. The predicted octanol–water partition coefficient (Wildman–Crippen LogP) is 4.61. The Morgan fingerprint density at radius 2 is 1.93 bits per heavy atom. The van der Waals surface area contributed by atoms with Crippen molar-refractivity contribution < 1.29 is 23.1 Å². The highest BCUT2D eigenvalue weighted by Crippen LogP contribution is 2.45. The summed E-state index contributed by atoms with van der Waals surface area (Å²) in [5.74, 6) is -3.03. The summed E-state index contributed by atoms with van der Waals surface area (Å²) in [7, 11) is 0. The Balaban J connectivity index is 2.08. The first-order valence-electron chi connectivity index (χ1n) is 9.34. The average molecular weight is 422 g/mol. The van der Waals surface area contributed by atoms with E-state index in [1.54, 1.807) is 6.92 Å². The van der Waals surface area contributed by atoms with Crippen LogP contribution in [-0.4, -0.2) is 24.0 Å². The van der Waals surface area contributed by atoms with Crippen LogP contribution in [0, 0.1) is 11.6 Å². The van der Waals surface area contributed by atoms with Crippen LogP contribution in [-0.2, 0) is 16.7 Å². The van der Waals surface area contributed by atoms with Gasteiger partial charge in [-0.15, -0.1) is 11.3 Å². The molecule has 1 aliphatic rings. The molecule has 0 atom stereocenters. The van der Waals surface area contributed by atoms with Gasteiger partial charge in [0.05, 0.1) is 17.7 Å². The van der Waals surface area contributed by atoms with Crippen LogP contribution in [0.5, 0.6) is 0 Å². The molecule has 1 aromatic heterocycles. The number of halogens is 2. The SMILES string of the molecule is CCOC(=O)c1c(NC(=O)c2ccc(F)cc2F)sc2c1CC(C)(C)NC2(C)C. The minimum atomic E-state index is -0.968. The van der Waals surface area contributed by atoms with Gasteiger partial charge < -0.3 is 15.4 Å². The fourth-order valence-electron chi connectivity index (χ4n) is 3.88. The largest absolute Gasteiger partial charge is 0.462 e. The van der Waals surface area contributed by atoms with E-state index in [0.29, 0.717) is 23.1 Å². The summed E-state index contributed by atoms with van der Waals surface area (Å²) in [6.07, 6.45) is 0.567. The fraction of sp³-hybridized carbons (Fsp3) is 0.429. The molecule has 156 valence electrons. The van der Waals surface area contributed by atoms with Crippen molar-refractivity contribution in [3.05, 3.63) is 51.4 Å². The zero-order chi connectivity index (χ0) is 21.6. The van der Waals surface area contributed by atoms with Crippen LogP contribution in [0.4, 0.5) is 13.8 Å². The standard InChI is InChI=1S/C21H24F2N2O3S/c1-6-28-19(27)15-13-10-20(2,3)25-21(4,5)16(13)29-18(15)24-17(26)12-8-7-11(22)9-14(12)23/h7-9,25H,6,10H2,1-5H3,(H,24,26). The summed E-state index contributed by atoms with van der Waals surface area (Å²) in [4.78, 5) is 26.3. The smallest absolute Gasteiger partial charge is 0.341 e. The molecular weight excluding hydrogens is 398 g/mol. The van der Waals surface area contributed by atoms with Crippen molar-refractivity contribution in [2.45, 2.75) is 52.1 Å². The third-order valence-electron chi connectivity index (χ3n) is 4.73. The quantitative estimate of drug-likeness (QED) is 0.706. The van der Waals surface area contributed by atoms with Gasteiger partial charge in [-0.25, -0.2) is 13.6 Å². The molecule has 2 N–H and O–H groups in total. The van der Waals surface area contributed by atoms with Crippen LogP contribution in [0.3, 0.4) is 0 Å². The van der Waals surface area contributed by atoms with Crippen molar-refractivity contribution in [2.75, 3.05) is 11.9 Å². The van der Waals surface area contributed by atoms with Crippen LogP contribution in [0.2, 0.25) is 0 Å². The van der Waals surface area contributed by atoms with Crippen LogP contribution in [0.25, 0.3) is 0 Å². The topological polar surface area (TPSA) is 67.4 Å². The zero-order valence-electron chi connectivity index (χ0n) is 17.0. The molecule has 2 heterocycles. The van der Waals surface area contributed by atoms with Gasteiger partial charge in [-0.2, -0.15) is 0 Å². The van der Waals surface area contributed by atoms with Gasteiger partial charge in [0.15, 0.2) is 0 Å². The number of esters is 1. The lowest BCUT2D eigenvalue weighted by Crippen LogP contribution is -2.55. The Labute approximate surface area is 172 Å². The van der Waals surface area contributed by atoms with Crippen LogP contribution >= 0.6 is 11.3 Å². The molecule has 8 heteroatoms. The van der Waals surface area contributed by atoms with E-state index in [1.807, 2.05) is 27.7 Å². The van der Waals surface area contributed by atoms with Crippen LogP contribution in [0.15, 0.2) is 18.2 Å². The van der Waals surface area contributed by atoms with Crippen molar-refractivity contribution in [3.8, 4) is 0 Å². The Bertz CT molecular complexity index is 983. The number of carbonyl (C=O) groups is 2. The maximum absolute atomic E-state index is 14.0. The van der Waals surface area contributed by atoms with Crippen molar-refractivity contribution in [1.29, 1.82) is 0 Å². The van der Waals surface area contributed by atoms with E-state index in [-0.39, 0.29) is 17.7 Å². The fourth-order valence-corrected chi connectivity index (χ4v) is 5.14. The molecule has 3 rings (SSSR count). The molecule has 0 aliphatic carbocycles. The lowest BCUT2D eigenvalue weighted by Gasteiger charge is -2.42. The maximum Gasteiger partial charge on any atom is 0.341 e. The van der Waals surface area contributed by atoms with E-state index in [4.69, 9.17) is 4.74 Å². The molecule has 0 bridgehead atoms. The van der Waals surface area contributed by atoms with Crippen molar-refractivity contribution in [1.82, 2.24) is 5.32 Å².